The molecule has 0 aliphatic carbocycles. The normalized spacial score (nSPS) is 16.7. The van der Waals surface area contributed by atoms with Gasteiger partial charge in [0.05, 0.1) is 10.6 Å². The van der Waals surface area contributed by atoms with Crippen LogP contribution >= 0.6 is 11.3 Å². The number of thiazole rings is 1. The second-order valence-electron chi connectivity index (χ2n) is 6.27. The minimum atomic E-state index is -3.49. The molecule has 1 aromatic heterocycles. The quantitative estimate of drug-likeness (QED) is 0.886. The first-order valence-corrected chi connectivity index (χ1v) is 10.5. The lowest BCUT2D eigenvalue weighted by Crippen LogP contribution is -2.41. The van der Waals surface area contributed by atoms with Crippen LogP contribution in [0.3, 0.4) is 0 Å². The molecule has 1 fully saturated rings. The van der Waals surface area contributed by atoms with Crippen LogP contribution in [0.15, 0.2) is 34.5 Å². The van der Waals surface area contributed by atoms with Gasteiger partial charge in [0.1, 0.15) is 0 Å². The van der Waals surface area contributed by atoms with E-state index in [0.29, 0.717) is 36.0 Å². The smallest absolute Gasteiger partial charge is 0.243 e. The zero-order valence-electron chi connectivity index (χ0n) is 14.2. The minimum absolute atomic E-state index is 0.0817. The number of amides is 1. The molecule has 2 aromatic rings. The fourth-order valence-electron chi connectivity index (χ4n) is 2.84. The molecule has 3 rings (SSSR count). The van der Waals surface area contributed by atoms with E-state index >= 15 is 0 Å². The summed E-state index contributed by atoms with van der Waals surface area (Å²) in [4.78, 5) is 16.9. The fourth-order valence-corrected chi connectivity index (χ4v) is 5.00. The van der Waals surface area contributed by atoms with Crippen molar-refractivity contribution >= 4 is 32.4 Å². The van der Waals surface area contributed by atoms with E-state index in [1.54, 1.807) is 24.3 Å². The summed E-state index contributed by atoms with van der Waals surface area (Å²) >= 11 is 1.40. The van der Waals surface area contributed by atoms with Crippen LogP contribution in [0, 0.1) is 19.8 Å². The summed E-state index contributed by atoms with van der Waals surface area (Å²) in [5.74, 6) is -0.268. The molecule has 0 spiro atoms. The second-order valence-corrected chi connectivity index (χ2v) is 9.07. The zero-order valence-corrected chi connectivity index (χ0v) is 15.9. The highest BCUT2D eigenvalue weighted by Crippen LogP contribution is 2.25. The molecule has 0 bridgehead atoms. The van der Waals surface area contributed by atoms with Gasteiger partial charge in [-0.2, -0.15) is 4.31 Å². The zero-order chi connectivity index (χ0) is 18.0. The van der Waals surface area contributed by atoms with Crippen molar-refractivity contribution in [3.8, 4) is 0 Å². The molecule has 1 N–H and O–H groups in total. The van der Waals surface area contributed by atoms with E-state index in [1.807, 2.05) is 19.2 Å². The summed E-state index contributed by atoms with van der Waals surface area (Å²) in [6.07, 6.45) is 1.03. The van der Waals surface area contributed by atoms with Crippen LogP contribution in [0.25, 0.3) is 0 Å². The van der Waals surface area contributed by atoms with E-state index in [1.165, 1.54) is 15.6 Å². The number of anilines is 1. The molecule has 0 unspecified atom stereocenters. The maximum Gasteiger partial charge on any atom is 0.243 e. The van der Waals surface area contributed by atoms with Gasteiger partial charge in [-0.15, -0.1) is 11.3 Å². The van der Waals surface area contributed by atoms with Gasteiger partial charge < -0.3 is 5.32 Å². The maximum absolute atomic E-state index is 12.7. The molecular formula is C17H21N3O3S2. The molecule has 1 amide bonds. The predicted octanol–water partition coefficient (Wildman–Crippen LogP) is 2.80. The Kier molecular flexibility index (Phi) is 5.21. The van der Waals surface area contributed by atoms with Crippen molar-refractivity contribution in [2.75, 3.05) is 18.4 Å². The van der Waals surface area contributed by atoms with Gasteiger partial charge in [0.15, 0.2) is 5.13 Å². The van der Waals surface area contributed by atoms with Crippen LogP contribution in [-0.4, -0.2) is 36.7 Å². The summed E-state index contributed by atoms with van der Waals surface area (Å²) < 4.78 is 26.8. The highest BCUT2D eigenvalue weighted by atomic mass is 32.2. The van der Waals surface area contributed by atoms with Crippen LogP contribution in [-0.2, 0) is 14.8 Å². The monoisotopic (exact) mass is 379 g/mol. The molecule has 8 heteroatoms. The molecule has 0 saturated carbocycles. The van der Waals surface area contributed by atoms with Crippen molar-refractivity contribution < 1.29 is 13.2 Å². The van der Waals surface area contributed by atoms with E-state index in [4.69, 9.17) is 0 Å². The van der Waals surface area contributed by atoms with E-state index in [9.17, 15) is 13.2 Å². The predicted molar refractivity (Wildman–Crippen MR) is 98.1 cm³/mol. The lowest BCUT2D eigenvalue weighted by molar-refractivity contribution is -0.120. The van der Waals surface area contributed by atoms with Gasteiger partial charge >= 0.3 is 0 Å². The lowest BCUT2D eigenvalue weighted by atomic mass is 9.97. The van der Waals surface area contributed by atoms with Gasteiger partial charge in [0.25, 0.3) is 0 Å². The largest absolute Gasteiger partial charge is 0.302 e. The summed E-state index contributed by atoms with van der Waals surface area (Å²) in [6.45, 7) is 4.50. The van der Waals surface area contributed by atoms with Gasteiger partial charge in [-0.05, 0) is 38.8 Å². The average molecular weight is 380 g/mol. The van der Waals surface area contributed by atoms with Crippen LogP contribution in [0.4, 0.5) is 5.13 Å². The number of sulfonamides is 1. The molecule has 1 aliphatic heterocycles. The van der Waals surface area contributed by atoms with Crippen LogP contribution in [0.2, 0.25) is 0 Å². The number of carbonyl (C=O) groups excluding carboxylic acids is 1. The van der Waals surface area contributed by atoms with E-state index in [0.717, 1.165) is 11.3 Å². The van der Waals surface area contributed by atoms with Gasteiger partial charge in [0.2, 0.25) is 15.9 Å². The first-order valence-electron chi connectivity index (χ1n) is 8.16. The van der Waals surface area contributed by atoms with E-state index in [-0.39, 0.29) is 11.8 Å². The third-order valence-corrected chi connectivity index (χ3v) is 7.12. The Morgan fingerprint density at radius 3 is 2.40 bits per heavy atom. The molecule has 0 atom stereocenters. The van der Waals surface area contributed by atoms with Gasteiger partial charge in [-0.3, -0.25) is 4.79 Å². The molecular weight excluding hydrogens is 358 g/mol. The van der Waals surface area contributed by atoms with Crippen molar-refractivity contribution in [1.29, 1.82) is 0 Å². The summed E-state index contributed by atoms with van der Waals surface area (Å²) in [7, 11) is -3.49. The fraction of sp³-hybridized carbons (Fsp3) is 0.412. The first-order chi connectivity index (χ1) is 11.9. The van der Waals surface area contributed by atoms with Crippen molar-refractivity contribution in [2.45, 2.75) is 31.6 Å². The Balaban J connectivity index is 1.61. The van der Waals surface area contributed by atoms with Gasteiger partial charge in [-0.25, -0.2) is 13.4 Å². The number of piperidine rings is 1. The number of nitrogens with zero attached hydrogens (tertiary/aromatic N) is 2. The third kappa shape index (κ3) is 4.08. The summed E-state index contributed by atoms with van der Waals surface area (Å²) in [6, 6.07) is 6.86. The van der Waals surface area contributed by atoms with Crippen LogP contribution in [0.5, 0.6) is 0 Å². The number of aryl methyl sites for hydroxylation is 2. The number of nitrogens with one attached hydrogen (secondary N) is 1. The minimum Gasteiger partial charge on any atom is -0.302 e. The van der Waals surface area contributed by atoms with Crippen molar-refractivity contribution in [2.24, 2.45) is 5.92 Å². The molecule has 0 radical (unpaired) electrons. The van der Waals surface area contributed by atoms with E-state index in [2.05, 4.69) is 10.3 Å². The van der Waals surface area contributed by atoms with Gasteiger partial charge in [0, 0.05) is 24.4 Å². The Bertz CT molecular complexity index is 852. The first kappa shape index (κ1) is 18.0. The topological polar surface area (TPSA) is 79.4 Å². The highest BCUT2D eigenvalue weighted by molar-refractivity contribution is 7.89. The maximum atomic E-state index is 12.7. The number of benzene rings is 1. The van der Waals surface area contributed by atoms with Crippen molar-refractivity contribution in [3.05, 3.63) is 40.9 Å². The standard InChI is InChI=1S/C17H21N3O3S2/c1-12-3-5-15(6-4-12)25(22,23)20-9-7-14(8-10-20)16(21)19-17-18-13(2)11-24-17/h3-6,11,14H,7-10H2,1-2H3,(H,18,19,21). The number of rotatable bonds is 4. The summed E-state index contributed by atoms with van der Waals surface area (Å²) in [5, 5.41) is 5.30. The second kappa shape index (κ2) is 7.23. The lowest BCUT2D eigenvalue weighted by Gasteiger charge is -2.30. The Labute approximate surface area is 151 Å². The molecule has 2 heterocycles. The van der Waals surface area contributed by atoms with Crippen molar-refractivity contribution in [3.63, 3.8) is 0 Å². The number of hydrogen-bond donors (Lipinski definition) is 1. The number of hydrogen-bond acceptors (Lipinski definition) is 5. The Morgan fingerprint density at radius 2 is 1.84 bits per heavy atom. The summed E-state index contributed by atoms with van der Waals surface area (Å²) in [5.41, 5.74) is 1.89. The average Bonchev–Trinajstić information content (AvgIpc) is 3.00. The molecule has 1 aromatic carbocycles. The molecule has 25 heavy (non-hydrogen) atoms. The number of aromatic nitrogens is 1. The van der Waals surface area contributed by atoms with E-state index < -0.39 is 10.0 Å². The molecule has 134 valence electrons. The van der Waals surface area contributed by atoms with Gasteiger partial charge in [-0.1, -0.05) is 17.7 Å². The van der Waals surface area contributed by atoms with Crippen LogP contribution < -0.4 is 5.32 Å². The molecule has 6 nitrogen and oxygen atoms in total. The van der Waals surface area contributed by atoms with Crippen molar-refractivity contribution in [1.82, 2.24) is 9.29 Å². The Morgan fingerprint density at radius 1 is 1.20 bits per heavy atom. The Hall–Kier alpha value is -1.77. The molecule has 1 aliphatic rings. The number of carbonyl (C=O) groups is 1. The third-order valence-electron chi connectivity index (χ3n) is 4.33. The highest BCUT2D eigenvalue weighted by Gasteiger charge is 2.32. The SMILES string of the molecule is Cc1ccc(S(=O)(=O)N2CCC(C(=O)Nc3nc(C)cs3)CC2)cc1. The molecule has 1 saturated heterocycles. The van der Waals surface area contributed by atoms with Crippen LogP contribution in [0.1, 0.15) is 24.1 Å².